The van der Waals surface area contributed by atoms with E-state index in [1.807, 2.05) is 0 Å². The highest BCUT2D eigenvalue weighted by Crippen LogP contribution is 2.48. The molecule has 0 heterocycles. The van der Waals surface area contributed by atoms with Crippen LogP contribution in [0.15, 0.2) is 12.1 Å². The van der Waals surface area contributed by atoms with E-state index < -0.39 is 16.3 Å². The lowest BCUT2D eigenvalue weighted by molar-refractivity contribution is -0.385. The third kappa shape index (κ3) is 2.07. The zero-order chi connectivity index (χ0) is 10.9. The maximum atomic E-state index is 10.1. The molecule has 1 unspecified atom stereocenters. The van der Waals surface area contributed by atoms with Gasteiger partial charge in [-0.05, 0) is 6.07 Å². The molecule has 0 aromatic rings. The molecule has 0 aliphatic heterocycles. The molecule has 1 atom stereocenters. The Labute approximate surface area is 85.8 Å². The molecule has 2 aliphatic carbocycles. The maximum absolute atomic E-state index is 10.1. The number of nitro groups is 1. The highest BCUT2D eigenvalue weighted by Gasteiger charge is 2.29. The van der Waals surface area contributed by atoms with E-state index in [2.05, 4.69) is 0 Å². The Kier molecular flexibility index (Phi) is 3.17. The van der Waals surface area contributed by atoms with Crippen molar-refractivity contribution in [3.05, 3.63) is 27.3 Å². The standard InChI is InChI=1S/C6H2ClNO2.H2O3S/c7-5-1-4-3(5)2-6(4)8(9)10;1-4(2)3/h1-2H;(H2,1,2,3)/p-1. The van der Waals surface area contributed by atoms with E-state index in [-0.39, 0.29) is 5.69 Å². The zero-order valence-corrected chi connectivity index (χ0v) is 8.04. The molecule has 2 rings (SSSR count). The summed E-state index contributed by atoms with van der Waals surface area (Å²) in [6.07, 6.45) is 0. The van der Waals surface area contributed by atoms with Crippen LogP contribution < -0.4 is 0 Å². The first-order valence-corrected chi connectivity index (χ1v) is 4.61. The second-order valence-corrected chi connectivity index (χ2v) is 3.16. The summed E-state index contributed by atoms with van der Waals surface area (Å²) in [7, 11) is 0. The summed E-state index contributed by atoms with van der Waals surface area (Å²) in [5.41, 5.74) is 1.70. The Morgan fingerprint density at radius 1 is 1.43 bits per heavy atom. The van der Waals surface area contributed by atoms with Gasteiger partial charge >= 0.3 is 0 Å². The number of benzene rings is 1. The molecule has 2 aliphatic rings. The molecular weight excluding hydrogens is 234 g/mol. The molecule has 0 radical (unpaired) electrons. The highest BCUT2D eigenvalue weighted by molar-refractivity contribution is 7.73. The Balaban J connectivity index is 0.000000213. The van der Waals surface area contributed by atoms with Gasteiger partial charge in [0.05, 0.1) is 21.8 Å². The van der Waals surface area contributed by atoms with Crippen LogP contribution in [-0.4, -0.2) is 18.2 Å². The molecule has 0 fully saturated rings. The van der Waals surface area contributed by atoms with Crippen molar-refractivity contribution in [1.82, 2.24) is 0 Å². The summed E-state index contributed by atoms with van der Waals surface area (Å²) in [6.45, 7) is 0. The van der Waals surface area contributed by atoms with Crippen LogP contribution in [0, 0.1) is 10.1 Å². The van der Waals surface area contributed by atoms with Crippen molar-refractivity contribution >= 4 is 28.6 Å². The predicted octanol–water partition coefficient (Wildman–Crippen LogP) is 1.57. The van der Waals surface area contributed by atoms with Gasteiger partial charge < -0.3 is 9.11 Å². The van der Waals surface area contributed by atoms with Crippen LogP contribution in [0.4, 0.5) is 5.69 Å². The molecule has 14 heavy (non-hydrogen) atoms. The van der Waals surface area contributed by atoms with E-state index in [1.54, 1.807) is 6.07 Å². The quantitative estimate of drug-likeness (QED) is 0.460. The van der Waals surface area contributed by atoms with Gasteiger partial charge in [-0.25, -0.2) is 4.21 Å². The van der Waals surface area contributed by atoms with E-state index >= 15 is 0 Å². The number of nitrogens with zero attached hydrogens (tertiary/aromatic N) is 1. The molecule has 8 heteroatoms. The van der Waals surface area contributed by atoms with Crippen molar-refractivity contribution in [3.8, 4) is 11.1 Å². The van der Waals surface area contributed by atoms with Gasteiger partial charge in [-0.3, -0.25) is 10.1 Å². The largest absolute Gasteiger partial charge is 0.750 e. The molecule has 0 spiro atoms. The molecule has 0 aromatic heterocycles. The molecule has 1 N–H and O–H groups in total. The molecule has 0 saturated carbocycles. The van der Waals surface area contributed by atoms with Crippen LogP contribution in [0.1, 0.15) is 0 Å². The second kappa shape index (κ2) is 4.01. The minimum absolute atomic E-state index is 0.180. The van der Waals surface area contributed by atoms with Gasteiger partial charge in [0.2, 0.25) is 0 Å². The average Bonchev–Trinajstić information content (AvgIpc) is 1.98. The molecule has 76 valence electrons. The number of rotatable bonds is 1. The Hall–Kier alpha value is -1.02. The van der Waals surface area contributed by atoms with E-state index in [4.69, 9.17) is 24.9 Å². The third-order valence-corrected chi connectivity index (χ3v) is 1.88. The first-order valence-electron chi connectivity index (χ1n) is 3.20. The number of hydrogen-bond donors (Lipinski definition) is 1. The van der Waals surface area contributed by atoms with E-state index in [1.165, 1.54) is 6.07 Å². The van der Waals surface area contributed by atoms with Crippen LogP contribution in [0.2, 0.25) is 5.02 Å². The predicted molar refractivity (Wildman–Crippen MR) is 48.6 cm³/mol. The Bertz CT molecular complexity index is 417. The fourth-order valence-corrected chi connectivity index (χ4v) is 1.24. The third-order valence-electron chi connectivity index (χ3n) is 1.57. The van der Waals surface area contributed by atoms with Crippen molar-refractivity contribution in [2.45, 2.75) is 0 Å². The van der Waals surface area contributed by atoms with Crippen molar-refractivity contribution < 1.29 is 18.2 Å². The van der Waals surface area contributed by atoms with E-state index in [0.29, 0.717) is 10.6 Å². The van der Waals surface area contributed by atoms with E-state index in [9.17, 15) is 10.1 Å². The van der Waals surface area contributed by atoms with Gasteiger partial charge in [0.25, 0.3) is 5.69 Å². The second-order valence-electron chi connectivity index (χ2n) is 2.32. The maximum Gasteiger partial charge on any atom is 0.277 e. The summed E-state index contributed by atoms with van der Waals surface area (Å²) in [4.78, 5) is 9.70. The molecule has 0 amide bonds. The van der Waals surface area contributed by atoms with Crippen LogP contribution in [0.25, 0.3) is 11.1 Å². The number of halogens is 1. The lowest BCUT2D eigenvalue weighted by Gasteiger charge is -2.16. The highest BCUT2D eigenvalue weighted by atomic mass is 35.5. The SMILES string of the molecule is O=S([O-])O.O=[N+]([O-])c1cc2c(Cl)cc1-2. The summed E-state index contributed by atoms with van der Waals surface area (Å²) in [6, 6.07) is 3.09. The van der Waals surface area contributed by atoms with Crippen molar-refractivity contribution in [2.24, 2.45) is 0 Å². The molecular formula is C6H3ClNO5S-. The summed E-state index contributed by atoms with van der Waals surface area (Å²) >= 11 is 2.69. The van der Waals surface area contributed by atoms with Crippen LogP contribution >= 0.6 is 11.6 Å². The average molecular weight is 237 g/mol. The molecule has 0 bridgehead atoms. The monoisotopic (exact) mass is 236 g/mol. The van der Waals surface area contributed by atoms with Crippen LogP contribution in [-0.2, 0) is 11.4 Å². The smallest absolute Gasteiger partial charge is 0.277 e. The van der Waals surface area contributed by atoms with Crippen molar-refractivity contribution in [1.29, 1.82) is 0 Å². The Morgan fingerprint density at radius 2 is 1.93 bits per heavy atom. The fraction of sp³-hybridized carbons (Fsp3) is 0. The topological polar surface area (TPSA) is 104 Å². The van der Waals surface area contributed by atoms with Gasteiger partial charge in [-0.15, -0.1) is 0 Å². The lowest BCUT2D eigenvalue weighted by atomic mass is 9.91. The van der Waals surface area contributed by atoms with Crippen molar-refractivity contribution in [2.75, 3.05) is 0 Å². The Morgan fingerprint density at radius 3 is 2.14 bits per heavy atom. The van der Waals surface area contributed by atoms with Gasteiger partial charge in [0, 0.05) is 16.7 Å². The summed E-state index contributed by atoms with van der Waals surface area (Å²) in [5.74, 6) is 0. The van der Waals surface area contributed by atoms with Gasteiger partial charge in [-0.1, -0.05) is 11.6 Å². The molecule has 6 nitrogen and oxygen atoms in total. The first-order chi connectivity index (χ1) is 6.43. The lowest BCUT2D eigenvalue weighted by Crippen LogP contribution is -2.01. The minimum atomic E-state index is -2.86. The normalized spacial score (nSPS) is 12.5. The van der Waals surface area contributed by atoms with Crippen LogP contribution in [0.3, 0.4) is 0 Å². The number of hydrogen-bond acceptors (Lipinski definition) is 4. The van der Waals surface area contributed by atoms with Gasteiger partial charge in [0.15, 0.2) is 0 Å². The first kappa shape index (κ1) is 11.1. The van der Waals surface area contributed by atoms with Crippen LogP contribution in [0.5, 0.6) is 0 Å². The number of fused-ring (bicyclic) bond motifs is 1. The molecule has 0 aromatic carbocycles. The van der Waals surface area contributed by atoms with E-state index in [0.717, 1.165) is 5.56 Å². The van der Waals surface area contributed by atoms with Crippen molar-refractivity contribution in [3.63, 3.8) is 0 Å². The van der Waals surface area contributed by atoms with Gasteiger partial charge in [-0.2, -0.15) is 0 Å². The summed E-state index contributed by atoms with van der Waals surface area (Å²) in [5, 5.41) is 10.7. The summed E-state index contributed by atoms with van der Waals surface area (Å²) < 4.78 is 24.1. The van der Waals surface area contributed by atoms with Gasteiger partial charge in [0.1, 0.15) is 0 Å². The zero-order valence-electron chi connectivity index (χ0n) is 6.47. The number of nitro benzene ring substituents is 1. The molecule has 0 saturated heterocycles. The fourth-order valence-electron chi connectivity index (χ4n) is 0.980. The minimum Gasteiger partial charge on any atom is -0.750 e.